The molecular formula is C20H17ClO2. The molecule has 116 valence electrons. The fourth-order valence-corrected chi connectivity index (χ4v) is 2.36. The van der Waals surface area contributed by atoms with Crippen LogP contribution in [-0.2, 0) is 6.61 Å². The van der Waals surface area contributed by atoms with Gasteiger partial charge < -0.3 is 9.47 Å². The average Bonchev–Trinajstić information content (AvgIpc) is 2.57. The molecule has 0 amide bonds. The van der Waals surface area contributed by atoms with Crippen molar-refractivity contribution < 1.29 is 9.47 Å². The maximum absolute atomic E-state index is 6.28. The lowest BCUT2D eigenvalue weighted by molar-refractivity contribution is 0.306. The second kappa shape index (κ2) is 7.21. The first-order valence-electron chi connectivity index (χ1n) is 7.41. The zero-order valence-electron chi connectivity index (χ0n) is 12.8. The molecule has 0 aromatic heterocycles. The molecule has 0 N–H and O–H groups in total. The van der Waals surface area contributed by atoms with E-state index in [0.29, 0.717) is 23.1 Å². The molecule has 0 bridgehead atoms. The first kappa shape index (κ1) is 15.4. The Balaban J connectivity index is 1.66. The van der Waals surface area contributed by atoms with Crippen LogP contribution in [0.4, 0.5) is 0 Å². The molecule has 0 fully saturated rings. The van der Waals surface area contributed by atoms with Crippen molar-refractivity contribution in [3.8, 4) is 17.2 Å². The molecule has 23 heavy (non-hydrogen) atoms. The molecule has 0 saturated heterocycles. The quantitative estimate of drug-likeness (QED) is 0.571. The number of aryl methyl sites for hydroxylation is 1. The van der Waals surface area contributed by atoms with Crippen LogP contribution in [0.1, 0.15) is 11.1 Å². The monoisotopic (exact) mass is 324 g/mol. The molecule has 0 aliphatic heterocycles. The molecule has 2 nitrogen and oxygen atoms in total. The Morgan fingerprint density at radius 2 is 1.57 bits per heavy atom. The van der Waals surface area contributed by atoms with Crippen LogP contribution in [-0.4, -0.2) is 0 Å². The van der Waals surface area contributed by atoms with Crippen LogP contribution in [0.3, 0.4) is 0 Å². The van der Waals surface area contributed by atoms with E-state index in [1.54, 1.807) is 6.07 Å². The highest BCUT2D eigenvalue weighted by Crippen LogP contribution is 2.31. The Bertz CT molecular complexity index is 767. The molecule has 0 aliphatic carbocycles. The van der Waals surface area contributed by atoms with Gasteiger partial charge >= 0.3 is 0 Å². The van der Waals surface area contributed by atoms with Gasteiger partial charge in [-0.05, 0) is 36.8 Å². The van der Waals surface area contributed by atoms with Gasteiger partial charge in [-0.25, -0.2) is 0 Å². The number of rotatable bonds is 5. The highest BCUT2D eigenvalue weighted by atomic mass is 35.5. The smallest absolute Gasteiger partial charge is 0.138 e. The summed E-state index contributed by atoms with van der Waals surface area (Å²) in [5, 5.41) is 0.533. The van der Waals surface area contributed by atoms with Crippen molar-refractivity contribution >= 4 is 11.6 Å². The van der Waals surface area contributed by atoms with Crippen LogP contribution >= 0.6 is 11.6 Å². The molecule has 0 saturated carbocycles. The van der Waals surface area contributed by atoms with E-state index in [0.717, 1.165) is 11.3 Å². The van der Waals surface area contributed by atoms with Gasteiger partial charge in [0.15, 0.2) is 0 Å². The van der Waals surface area contributed by atoms with Crippen molar-refractivity contribution in [1.82, 2.24) is 0 Å². The van der Waals surface area contributed by atoms with E-state index in [1.807, 2.05) is 42.5 Å². The SMILES string of the molecule is Cc1ccc(COc2ccc(Oc3ccccc3)cc2Cl)cc1. The van der Waals surface area contributed by atoms with Gasteiger partial charge in [0.2, 0.25) is 0 Å². The van der Waals surface area contributed by atoms with Crippen molar-refractivity contribution in [2.45, 2.75) is 13.5 Å². The first-order valence-corrected chi connectivity index (χ1v) is 7.79. The summed E-state index contributed by atoms with van der Waals surface area (Å²) in [6, 6.07) is 23.3. The van der Waals surface area contributed by atoms with Gasteiger partial charge in [0.05, 0.1) is 5.02 Å². The zero-order valence-corrected chi connectivity index (χ0v) is 13.6. The lowest BCUT2D eigenvalue weighted by Gasteiger charge is -2.11. The van der Waals surface area contributed by atoms with Crippen molar-refractivity contribution in [3.63, 3.8) is 0 Å². The van der Waals surface area contributed by atoms with Crippen LogP contribution in [0.25, 0.3) is 0 Å². The molecule has 0 heterocycles. The van der Waals surface area contributed by atoms with E-state index in [1.165, 1.54) is 5.56 Å². The third-order valence-electron chi connectivity index (χ3n) is 3.40. The second-order valence-corrected chi connectivity index (χ2v) is 5.69. The summed E-state index contributed by atoms with van der Waals surface area (Å²) < 4.78 is 11.5. The third kappa shape index (κ3) is 4.27. The van der Waals surface area contributed by atoms with E-state index < -0.39 is 0 Å². The van der Waals surface area contributed by atoms with E-state index in [4.69, 9.17) is 21.1 Å². The number of ether oxygens (including phenoxy) is 2. The van der Waals surface area contributed by atoms with E-state index in [2.05, 4.69) is 31.2 Å². The molecule has 3 rings (SSSR count). The largest absolute Gasteiger partial charge is 0.487 e. The number of para-hydroxylation sites is 1. The van der Waals surface area contributed by atoms with Crippen molar-refractivity contribution in [2.75, 3.05) is 0 Å². The molecule has 0 radical (unpaired) electrons. The maximum atomic E-state index is 6.28. The van der Waals surface area contributed by atoms with Gasteiger partial charge in [0.25, 0.3) is 0 Å². The van der Waals surface area contributed by atoms with Gasteiger partial charge in [0, 0.05) is 6.07 Å². The lowest BCUT2D eigenvalue weighted by atomic mass is 10.2. The Morgan fingerprint density at radius 1 is 0.826 bits per heavy atom. The first-order chi connectivity index (χ1) is 11.2. The van der Waals surface area contributed by atoms with Crippen LogP contribution in [0.15, 0.2) is 72.8 Å². The van der Waals surface area contributed by atoms with Gasteiger partial charge in [0.1, 0.15) is 23.9 Å². The Hall–Kier alpha value is -2.45. The predicted molar refractivity (Wildman–Crippen MR) is 93.5 cm³/mol. The summed E-state index contributed by atoms with van der Waals surface area (Å²) in [5.41, 5.74) is 2.34. The molecule has 0 spiro atoms. The van der Waals surface area contributed by atoms with Gasteiger partial charge in [-0.15, -0.1) is 0 Å². The fourth-order valence-electron chi connectivity index (χ4n) is 2.13. The predicted octanol–water partition coefficient (Wildman–Crippen LogP) is 6.02. The zero-order chi connectivity index (χ0) is 16.1. The van der Waals surface area contributed by atoms with Gasteiger partial charge in [-0.3, -0.25) is 0 Å². The summed E-state index contributed by atoms with van der Waals surface area (Å²) >= 11 is 6.28. The standard InChI is InChI=1S/C20H17ClO2/c1-15-7-9-16(10-8-15)14-22-20-12-11-18(13-19(20)21)23-17-5-3-2-4-6-17/h2-13H,14H2,1H3. The van der Waals surface area contributed by atoms with Crippen molar-refractivity contribution in [3.05, 3.63) is 88.9 Å². The Kier molecular flexibility index (Phi) is 4.84. The highest BCUT2D eigenvalue weighted by Gasteiger charge is 2.05. The van der Waals surface area contributed by atoms with Gasteiger partial charge in [-0.2, -0.15) is 0 Å². The summed E-state index contributed by atoms with van der Waals surface area (Å²) in [7, 11) is 0. The number of hydrogen-bond donors (Lipinski definition) is 0. The molecule has 3 aromatic carbocycles. The number of hydrogen-bond acceptors (Lipinski definition) is 2. The summed E-state index contributed by atoms with van der Waals surface area (Å²) in [6.07, 6.45) is 0. The fraction of sp³-hybridized carbons (Fsp3) is 0.100. The number of halogens is 1. The van der Waals surface area contributed by atoms with Crippen molar-refractivity contribution in [2.24, 2.45) is 0 Å². The molecule has 0 aliphatic rings. The molecular weight excluding hydrogens is 308 g/mol. The number of benzene rings is 3. The van der Waals surface area contributed by atoms with Crippen LogP contribution in [0, 0.1) is 6.92 Å². The van der Waals surface area contributed by atoms with E-state index in [9.17, 15) is 0 Å². The molecule has 0 atom stereocenters. The molecule has 3 aromatic rings. The maximum Gasteiger partial charge on any atom is 0.138 e. The summed E-state index contributed by atoms with van der Waals surface area (Å²) in [6.45, 7) is 2.55. The van der Waals surface area contributed by atoms with E-state index >= 15 is 0 Å². The lowest BCUT2D eigenvalue weighted by Crippen LogP contribution is -1.96. The third-order valence-corrected chi connectivity index (χ3v) is 3.69. The topological polar surface area (TPSA) is 18.5 Å². The Labute approximate surface area is 141 Å². The van der Waals surface area contributed by atoms with Crippen LogP contribution < -0.4 is 9.47 Å². The average molecular weight is 325 g/mol. The van der Waals surface area contributed by atoms with Crippen LogP contribution in [0.2, 0.25) is 5.02 Å². The van der Waals surface area contributed by atoms with Crippen LogP contribution in [0.5, 0.6) is 17.2 Å². The molecule has 0 unspecified atom stereocenters. The minimum atomic E-state index is 0.485. The summed E-state index contributed by atoms with van der Waals surface area (Å²) in [4.78, 5) is 0. The van der Waals surface area contributed by atoms with Gasteiger partial charge in [-0.1, -0.05) is 59.6 Å². The Morgan fingerprint density at radius 3 is 2.26 bits per heavy atom. The summed E-state index contributed by atoms with van der Waals surface area (Å²) in [5.74, 6) is 2.11. The van der Waals surface area contributed by atoms with E-state index in [-0.39, 0.29) is 0 Å². The minimum Gasteiger partial charge on any atom is -0.487 e. The minimum absolute atomic E-state index is 0.485. The normalized spacial score (nSPS) is 10.3. The second-order valence-electron chi connectivity index (χ2n) is 5.28. The highest BCUT2D eigenvalue weighted by molar-refractivity contribution is 6.32. The molecule has 3 heteroatoms. The van der Waals surface area contributed by atoms with Crippen molar-refractivity contribution in [1.29, 1.82) is 0 Å².